The highest BCUT2D eigenvalue weighted by Crippen LogP contribution is 2.37. The van der Waals surface area contributed by atoms with Crippen molar-refractivity contribution in [3.8, 4) is 0 Å². The first-order valence-electron chi connectivity index (χ1n) is 7.01. The molecule has 0 radical (unpaired) electrons. The lowest BCUT2D eigenvalue weighted by Crippen LogP contribution is -2.21. The van der Waals surface area contributed by atoms with Crippen LogP contribution in [0.2, 0.25) is 0 Å². The van der Waals surface area contributed by atoms with Gasteiger partial charge in [-0.25, -0.2) is 0 Å². The zero-order valence-corrected chi connectivity index (χ0v) is 13.4. The Bertz CT molecular complexity index is 418. The van der Waals surface area contributed by atoms with E-state index in [-0.39, 0.29) is 11.7 Å². The number of alkyl halides is 3. The lowest BCUT2D eigenvalue weighted by Gasteiger charge is -2.22. The first-order chi connectivity index (χ1) is 9.38. The Hall–Kier alpha value is -0.710. The largest absolute Gasteiger partial charge is 0.418 e. The predicted octanol–water partition coefficient (Wildman–Crippen LogP) is 6.24. The summed E-state index contributed by atoms with van der Waals surface area (Å²) in [6, 6.07) is 4.37. The third kappa shape index (κ3) is 5.35. The first-order valence-corrected chi connectivity index (χ1v) is 7.81. The van der Waals surface area contributed by atoms with Crippen molar-refractivity contribution in [1.82, 2.24) is 0 Å². The molecule has 5 heteroatoms. The molecule has 0 fully saturated rings. The van der Waals surface area contributed by atoms with Crippen LogP contribution in [0.25, 0.3) is 0 Å². The summed E-state index contributed by atoms with van der Waals surface area (Å²) in [5, 5.41) is 3.08. The van der Waals surface area contributed by atoms with Crippen LogP contribution in [-0.2, 0) is 6.18 Å². The van der Waals surface area contributed by atoms with Crippen molar-refractivity contribution in [2.24, 2.45) is 0 Å². The molecule has 1 N–H and O–H groups in total. The molecule has 1 nitrogen and oxygen atoms in total. The van der Waals surface area contributed by atoms with Crippen LogP contribution in [0, 0.1) is 0 Å². The molecule has 1 rings (SSSR count). The fourth-order valence-corrected chi connectivity index (χ4v) is 2.55. The summed E-state index contributed by atoms with van der Waals surface area (Å²) in [5.41, 5.74) is -0.431. The van der Waals surface area contributed by atoms with E-state index < -0.39 is 11.7 Å². The van der Waals surface area contributed by atoms with Gasteiger partial charge in [-0.1, -0.05) is 49.0 Å². The van der Waals surface area contributed by atoms with E-state index in [9.17, 15) is 13.2 Å². The van der Waals surface area contributed by atoms with Crippen LogP contribution in [0.5, 0.6) is 0 Å². The average Bonchev–Trinajstić information content (AvgIpc) is 2.37. The molecule has 0 aliphatic carbocycles. The van der Waals surface area contributed by atoms with Crippen molar-refractivity contribution in [3.63, 3.8) is 0 Å². The number of anilines is 1. The van der Waals surface area contributed by atoms with Gasteiger partial charge in [0.2, 0.25) is 0 Å². The van der Waals surface area contributed by atoms with Gasteiger partial charge in [0.15, 0.2) is 0 Å². The molecule has 1 atom stereocenters. The van der Waals surface area contributed by atoms with Crippen molar-refractivity contribution >= 4 is 21.6 Å². The van der Waals surface area contributed by atoms with Gasteiger partial charge < -0.3 is 5.32 Å². The summed E-state index contributed by atoms with van der Waals surface area (Å²) >= 11 is 3.10. The minimum absolute atomic E-state index is 0.0993. The highest BCUT2D eigenvalue weighted by molar-refractivity contribution is 9.10. The van der Waals surface area contributed by atoms with Gasteiger partial charge in [-0.05, 0) is 31.0 Å². The Morgan fingerprint density at radius 2 is 1.85 bits per heavy atom. The smallest absolute Gasteiger partial charge is 0.382 e. The van der Waals surface area contributed by atoms with Gasteiger partial charge in [0, 0.05) is 16.2 Å². The van der Waals surface area contributed by atoms with Gasteiger partial charge in [0.1, 0.15) is 0 Å². The predicted molar refractivity (Wildman–Crippen MR) is 81.0 cm³/mol. The molecule has 114 valence electrons. The van der Waals surface area contributed by atoms with E-state index >= 15 is 0 Å². The number of unbranched alkanes of at least 4 members (excludes halogenated alkanes) is 1. The highest BCUT2D eigenvalue weighted by atomic mass is 79.9. The van der Waals surface area contributed by atoms with E-state index in [2.05, 4.69) is 28.2 Å². The minimum Gasteiger partial charge on any atom is -0.382 e. The number of benzene rings is 1. The molecule has 0 aliphatic rings. The fraction of sp³-hybridized carbons (Fsp3) is 0.600. The second-order valence-corrected chi connectivity index (χ2v) is 5.88. The number of nitrogens with one attached hydrogen (secondary N) is 1. The van der Waals surface area contributed by atoms with E-state index in [4.69, 9.17) is 0 Å². The number of halogens is 4. The molecular formula is C15H21BrF3N. The van der Waals surface area contributed by atoms with E-state index in [1.165, 1.54) is 6.07 Å². The minimum atomic E-state index is -4.34. The van der Waals surface area contributed by atoms with Gasteiger partial charge in [-0.3, -0.25) is 0 Å². The van der Waals surface area contributed by atoms with E-state index in [1.807, 2.05) is 6.92 Å². The molecule has 0 spiro atoms. The van der Waals surface area contributed by atoms with Gasteiger partial charge in [0.25, 0.3) is 0 Å². The fourth-order valence-electron chi connectivity index (χ4n) is 2.18. The maximum Gasteiger partial charge on any atom is 0.418 e. The molecule has 0 saturated heterocycles. The van der Waals surface area contributed by atoms with E-state index in [0.29, 0.717) is 4.47 Å². The highest BCUT2D eigenvalue weighted by Gasteiger charge is 2.34. The van der Waals surface area contributed by atoms with Crippen LogP contribution in [0.4, 0.5) is 18.9 Å². The Labute approximate surface area is 127 Å². The second kappa shape index (κ2) is 7.91. The number of rotatable bonds is 7. The lowest BCUT2D eigenvalue weighted by molar-refractivity contribution is -0.137. The van der Waals surface area contributed by atoms with Crippen LogP contribution in [-0.4, -0.2) is 6.04 Å². The first kappa shape index (κ1) is 17.3. The average molecular weight is 352 g/mol. The molecule has 0 aromatic heterocycles. The van der Waals surface area contributed by atoms with E-state index in [0.717, 1.165) is 38.2 Å². The maximum absolute atomic E-state index is 13.1. The molecule has 1 unspecified atom stereocenters. The molecule has 0 amide bonds. The van der Waals surface area contributed by atoms with Crippen molar-refractivity contribution < 1.29 is 13.2 Å². The molecule has 0 aliphatic heterocycles. The lowest BCUT2D eigenvalue weighted by atomic mass is 10.0. The topological polar surface area (TPSA) is 12.0 Å². The zero-order valence-electron chi connectivity index (χ0n) is 11.9. The molecule has 0 saturated carbocycles. The van der Waals surface area contributed by atoms with E-state index in [1.54, 1.807) is 6.07 Å². The standard InChI is InChI=1S/C15H21BrF3N/c1-3-5-7-12(6-4-2)20-14-9-8-11(16)10-13(14)15(17,18)19/h8-10,12,20H,3-7H2,1-2H3. The summed E-state index contributed by atoms with van der Waals surface area (Å²) in [6.45, 7) is 4.14. The van der Waals surface area contributed by atoms with Crippen LogP contribution in [0.1, 0.15) is 51.5 Å². The normalized spacial score (nSPS) is 13.3. The van der Waals surface area contributed by atoms with Crippen molar-refractivity contribution in [3.05, 3.63) is 28.2 Å². The van der Waals surface area contributed by atoms with Crippen LogP contribution in [0.15, 0.2) is 22.7 Å². The Kier molecular flexibility index (Phi) is 6.86. The molecule has 1 aromatic rings. The molecule has 1 aromatic carbocycles. The quantitative estimate of drug-likeness (QED) is 0.613. The summed E-state index contributed by atoms with van der Waals surface area (Å²) in [7, 11) is 0. The Balaban J connectivity index is 2.93. The summed E-state index contributed by atoms with van der Waals surface area (Å²) < 4.78 is 39.6. The second-order valence-electron chi connectivity index (χ2n) is 4.96. The molecule has 0 heterocycles. The third-order valence-corrected chi connectivity index (χ3v) is 3.68. The maximum atomic E-state index is 13.1. The molecular weight excluding hydrogens is 331 g/mol. The Morgan fingerprint density at radius 3 is 2.40 bits per heavy atom. The Morgan fingerprint density at radius 1 is 1.15 bits per heavy atom. The molecule has 20 heavy (non-hydrogen) atoms. The zero-order chi connectivity index (χ0) is 15.2. The van der Waals surface area contributed by atoms with Crippen molar-refractivity contribution in [2.45, 2.75) is 58.2 Å². The van der Waals surface area contributed by atoms with Crippen molar-refractivity contribution in [2.75, 3.05) is 5.32 Å². The van der Waals surface area contributed by atoms with Crippen molar-refractivity contribution in [1.29, 1.82) is 0 Å². The summed E-state index contributed by atoms with van der Waals surface area (Å²) in [5.74, 6) is 0. The monoisotopic (exact) mass is 351 g/mol. The third-order valence-electron chi connectivity index (χ3n) is 3.19. The molecule has 0 bridgehead atoms. The van der Waals surface area contributed by atoms with Crippen LogP contribution in [0.3, 0.4) is 0 Å². The summed E-state index contributed by atoms with van der Waals surface area (Å²) in [6.07, 6.45) is 0.474. The summed E-state index contributed by atoms with van der Waals surface area (Å²) in [4.78, 5) is 0. The van der Waals surface area contributed by atoms with Gasteiger partial charge in [-0.15, -0.1) is 0 Å². The van der Waals surface area contributed by atoms with Gasteiger partial charge in [0.05, 0.1) is 5.56 Å². The van der Waals surface area contributed by atoms with Crippen LogP contribution < -0.4 is 5.32 Å². The van der Waals surface area contributed by atoms with Gasteiger partial charge in [-0.2, -0.15) is 13.2 Å². The van der Waals surface area contributed by atoms with Gasteiger partial charge >= 0.3 is 6.18 Å². The number of hydrogen-bond acceptors (Lipinski definition) is 1. The van der Waals surface area contributed by atoms with Crippen LogP contribution >= 0.6 is 15.9 Å². The number of hydrogen-bond donors (Lipinski definition) is 1. The SMILES string of the molecule is CCCCC(CCC)Nc1ccc(Br)cc1C(F)(F)F.